The number of nitrogens with zero attached hydrogens (tertiary/aromatic N) is 2. The van der Waals surface area contributed by atoms with Gasteiger partial charge in [-0.1, -0.05) is 6.92 Å². The minimum Gasteiger partial charge on any atom is -0.354 e. The molecule has 2 N–H and O–H groups in total. The topological polar surface area (TPSA) is 42.1 Å². The highest BCUT2D eigenvalue weighted by molar-refractivity contribution is 5.43. The van der Waals surface area contributed by atoms with Crippen molar-refractivity contribution in [3.05, 3.63) is 23.9 Å². The van der Waals surface area contributed by atoms with Crippen LogP contribution in [0.2, 0.25) is 0 Å². The van der Waals surface area contributed by atoms with Crippen LogP contribution >= 0.6 is 0 Å². The van der Waals surface area contributed by atoms with Crippen molar-refractivity contribution in [3.63, 3.8) is 0 Å². The lowest BCUT2D eigenvalue weighted by Gasteiger charge is -2.25. The smallest absolute Gasteiger partial charge is 0.129 e. The van der Waals surface area contributed by atoms with E-state index >= 15 is 0 Å². The predicted octanol–water partition coefficient (Wildman–Crippen LogP) is 2.48. The van der Waals surface area contributed by atoms with E-state index in [9.17, 15) is 0 Å². The maximum atomic E-state index is 5.90. The fraction of sp³-hybridized carbons (Fsp3) is 0.615. The number of aromatic nitrogens is 1. The lowest BCUT2D eigenvalue weighted by Crippen LogP contribution is -2.29. The molecule has 2 atom stereocenters. The number of hydrogen-bond donors (Lipinski definition) is 1. The maximum absolute atomic E-state index is 5.90. The van der Waals surface area contributed by atoms with Crippen LogP contribution in [0.5, 0.6) is 0 Å². The van der Waals surface area contributed by atoms with Crippen LogP contribution in [0.15, 0.2) is 18.3 Å². The molecule has 1 aromatic heterocycles. The van der Waals surface area contributed by atoms with Gasteiger partial charge in [-0.3, -0.25) is 0 Å². The van der Waals surface area contributed by atoms with E-state index in [0.29, 0.717) is 6.04 Å². The molecule has 0 aromatic carbocycles. The molecule has 0 spiro atoms. The highest BCUT2D eigenvalue weighted by Gasteiger charge is 2.24. The van der Waals surface area contributed by atoms with Crippen LogP contribution in [0, 0.1) is 0 Å². The first kappa shape index (κ1) is 11.4. The predicted molar refractivity (Wildman–Crippen MR) is 67.5 cm³/mol. The van der Waals surface area contributed by atoms with Crippen LogP contribution in [0.1, 0.15) is 44.7 Å². The van der Waals surface area contributed by atoms with Crippen LogP contribution in [0.25, 0.3) is 0 Å². The summed E-state index contributed by atoms with van der Waals surface area (Å²) in [4.78, 5) is 6.89. The standard InChI is InChI=1S/C13H21N3/c1-3-12-5-4-8-16(12)13-9-11(10(2)14)6-7-15-13/h6-7,9-10,12H,3-5,8,14H2,1-2H3. The van der Waals surface area contributed by atoms with Gasteiger partial charge < -0.3 is 10.6 Å². The van der Waals surface area contributed by atoms with Crippen molar-refractivity contribution in [2.45, 2.75) is 45.2 Å². The highest BCUT2D eigenvalue weighted by Crippen LogP contribution is 2.26. The highest BCUT2D eigenvalue weighted by atomic mass is 15.2. The van der Waals surface area contributed by atoms with Crippen LogP contribution in [0.3, 0.4) is 0 Å². The van der Waals surface area contributed by atoms with Crippen LogP contribution in [-0.4, -0.2) is 17.6 Å². The van der Waals surface area contributed by atoms with Gasteiger partial charge in [0.05, 0.1) is 0 Å². The van der Waals surface area contributed by atoms with E-state index in [2.05, 4.69) is 22.9 Å². The summed E-state index contributed by atoms with van der Waals surface area (Å²) >= 11 is 0. The molecule has 1 aromatic rings. The van der Waals surface area contributed by atoms with Gasteiger partial charge in [0.25, 0.3) is 0 Å². The molecule has 2 rings (SSSR count). The number of nitrogens with two attached hydrogens (primary N) is 1. The Morgan fingerprint density at radius 2 is 2.44 bits per heavy atom. The Morgan fingerprint density at radius 1 is 1.62 bits per heavy atom. The zero-order chi connectivity index (χ0) is 11.5. The number of hydrogen-bond acceptors (Lipinski definition) is 3. The Hall–Kier alpha value is -1.09. The first-order valence-electron chi connectivity index (χ1n) is 6.20. The van der Waals surface area contributed by atoms with Crippen molar-refractivity contribution in [3.8, 4) is 0 Å². The molecule has 0 bridgehead atoms. The molecule has 3 heteroatoms. The Labute approximate surface area is 97.7 Å². The van der Waals surface area contributed by atoms with Crippen molar-refractivity contribution in [2.75, 3.05) is 11.4 Å². The molecule has 2 unspecified atom stereocenters. The zero-order valence-corrected chi connectivity index (χ0v) is 10.2. The molecule has 0 radical (unpaired) electrons. The van der Waals surface area contributed by atoms with E-state index in [1.165, 1.54) is 24.8 Å². The number of anilines is 1. The van der Waals surface area contributed by atoms with Gasteiger partial charge in [0.1, 0.15) is 5.82 Å². The second-order valence-corrected chi connectivity index (χ2v) is 4.63. The van der Waals surface area contributed by atoms with Crippen molar-refractivity contribution in [1.82, 2.24) is 4.98 Å². The van der Waals surface area contributed by atoms with Gasteiger partial charge in [0, 0.05) is 24.8 Å². The molecule has 1 saturated heterocycles. The minimum atomic E-state index is 0.0874. The summed E-state index contributed by atoms with van der Waals surface area (Å²) in [6.07, 6.45) is 5.65. The lowest BCUT2D eigenvalue weighted by atomic mass is 10.1. The third kappa shape index (κ3) is 2.19. The summed E-state index contributed by atoms with van der Waals surface area (Å²) in [6, 6.07) is 4.89. The molecule has 3 nitrogen and oxygen atoms in total. The zero-order valence-electron chi connectivity index (χ0n) is 10.2. The average molecular weight is 219 g/mol. The van der Waals surface area contributed by atoms with Crippen molar-refractivity contribution < 1.29 is 0 Å². The largest absolute Gasteiger partial charge is 0.354 e. The summed E-state index contributed by atoms with van der Waals surface area (Å²) in [5, 5.41) is 0. The number of rotatable bonds is 3. The van der Waals surface area contributed by atoms with Gasteiger partial charge in [-0.15, -0.1) is 0 Å². The lowest BCUT2D eigenvalue weighted by molar-refractivity contribution is 0.639. The first-order chi connectivity index (χ1) is 7.72. The summed E-state index contributed by atoms with van der Waals surface area (Å²) in [5.74, 6) is 1.10. The van der Waals surface area contributed by atoms with Crippen molar-refractivity contribution in [2.24, 2.45) is 5.73 Å². The summed E-state index contributed by atoms with van der Waals surface area (Å²) in [5.41, 5.74) is 7.08. The molecule has 2 heterocycles. The second kappa shape index (κ2) is 4.83. The Morgan fingerprint density at radius 3 is 3.12 bits per heavy atom. The van der Waals surface area contributed by atoms with Crippen molar-refractivity contribution >= 4 is 5.82 Å². The molecule has 0 amide bonds. The monoisotopic (exact) mass is 219 g/mol. The molecule has 0 saturated carbocycles. The van der Waals surface area contributed by atoms with E-state index in [1.807, 2.05) is 19.2 Å². The van der Waals surface area contributed by atoms with Crippen LogP contribution in [0.4, 0.5) is 5.82 Å². The summed E-state index contributed by atoms with van der Waals surface area (Å²) in [6.45, 7) is 5.40. The molecular formula is C13H21N3. The number of pyridine rings is 1. The average Bonchev–Trinajstić information content (AvgIpc) is 2.77. The third-order valence-corrected chi connectivity index (χ3v) is 3.44. The van der Waals surface area contributed by atoms with Gasteiger partial charge in [-0.05, 0) is 43.9 Å². The minimum absolute atomic E-state index is 0.0874. The fourth-order valence-electron chi connectivity index (χ4n) is 2.44. The third-order valence-electron chi connectivity index (χ3n) is 3.44. The normalized spacial score (nSPS) is 22.4. The van der Waals surface area contributed by atoms with Gasteiger partial charge in [-0.25, -0.2) is 4.98 Å². The van der Waals surface area contributed by atoms with E-state index in [0.717, 1.165) is 12.4 Å². The second-order valence-electron chi connectivity index (χ2n) is 4.63. The molecule has 0 aliphatic carbocycles. The molecule has 1 aliphatic heterocycles. The maximum Gasteiger partial charge on any atom is 0.129 e. The summed E-state index contributed by atoms with van der Waals surface area (Å²) < 4.78 is 0. The Bertz CT molecular complexity index is 349. The Balaban J connectivity index is 2.22. The van der Waals surface area contributed by atoms with E-state index < -0.39 is 0 Å². The van der Waals surface area contributed by atoms with E-state index in [-0.39, 0.29) is 6.04 Å². The first-order valence-corrected chi connectivity index (χ1v) is 6.20. The van der Waals surface area contributed by atoms with E-state index in [1.54, 1.807) is 0 Å². The van der Waals surface area contributed by atoms with E-state index in [4.69, 9.17) is 5.73 Å². The van der Waals surface area contributed by atoms with Gasteiger partial charge in [0.15, 0.2) is 0 Å². The summed E-state index contributed by atoms with van der Waals surface area (Å²) in [7, 11) is 0. The van der Waals surface area contributed by atoms with Gasteiger partial charge in [0.2, 0.25) is 0 Å². The molecule has 1 fully saturated rings. The molecular weight excluding hydrogens is 198 g/mol. The molecule has 16 heavy (non-hydrogen) atoms. The van der Waals surface area contributed by atoms with Gasteiger partial charge in [-0.2, -0.15) is 0 Å². The van der Waals surface area contributed by atoms with Gasteiger partial charge >= 0.3 is 0 Å². The van der Waals surface area contributed by atoms with Crippen LogP contribution in [-0.2, 0) is 0 Å². The molecule has 88 valence electrons. The fourth-order valence-corrected chi connectivity index (χ4v) is 2.44. The Kier molecular flexibility index (Phi) is 3.44. The van der Waals surface area contributed by atoms with Crippen LogP contribution < -0.4 is 10.6 Å². The quantitative estimate of drug-likeness (QED) is 0.849. The SMILES string of the molecule is CCC1CCCN1c1cc(C(C)N)ccn1. The van der Waals surface area contributed by atoms with Crippen molar-refractivity contribution in [1.29, 1.82) is 0 Å². The molecule has 1 aliphatic rings.